The number of carboxylic acid groups (broad SMARTS) is 2. The van der Waals surface area contributed by atoms with E-state index in [0.29, 0.717) is 0 Å². The Bertz CT molecular complexity index is 397. The predicted molar refractivity (Wildman–Crippen MR) is 48.1 cm³/mol. The van der Waals surface area contributed by atoms with Crippen molar-refractivity contribution in [2.45, 2.75) is 0 Å². The van der Waals surface area contributed by atoms with Crippen LogP contribution in [0.1, 0.15) is 0 Å². The molecule has 0 aromatic rings. The highest BCUT2D eigenvalue weighted by molar-refractivity contribution is 7.89. The molecule has 0 aliphatic heterocycles. The minimum Gasteiger partial charge on any atom is -0.473 e. The van der Waals surface area contributed by atoms with Crippen molar-refractivity contribution >= 4 is 32.2 Å². The molecule has 0 atom stereocenters. The second-order valence-corrected chi connectivity index (χ2v) is 5.33. The maximum Gasteiger partial charge on any atom is 0.414 e. The highest BCUT2D eigenvalue weighted by Crippen LogP contribution is 1.86. The molecule has 0 unspecified atom stereocenters. The third kappa shape index (κ3) is 18.5. The summed E-state index contributed by atoms with van der Waals surface area (Å²) in [4.78, 5) is 18.2. The second kappa shape index (κ2) is 6.37. The normalized spacial score (nSPS) is 11.1. The average molecular weight is 280 g/mol. The molecule has 0 aliphatic carbocycles. The van der Waals surface area contributed by atoms with Crippen LogP contribution in [0.15, 0.2) is 0 Å². The van der Waals surface area contributed by atoms with Gasteiger partial charge in [-0.3, -0.25) is 9.11 Å². The van der Waals surface area contributed by atoms with Crippen molar-refractivity contribution in [3.63, 3.8) is 0 Å². The zero-order valence-electron chi connectivity index (χ0n) is 7.47. The SMILES string of the molecule is O=C(O)C(=O)O.O=S(=O)(O)CCS(=O)(=O)O. The molecule has 0 spiro atoms. The first kappa shape index (κ1) is 17.2. The Labute approximate surface area is 90.0 Å². The van der Waals surface area contributed by atoms with Crippen molar-refractivity contribution in [3.05, 3.63) is 0 Å². The lowest BCUT2D eigenvalue weighted by Gasteiger charge is -1.92. The molecule has 0 aliphatic rings. The zero-order chi connectivity index (χ0) is 13.6. The molecule has 0 radical (unpaired) electrons. The van der Waals surface area contributed by atoms with Gasteiger partial charge in [-0.1, -0.05) is 0 Å². The first-order valence-electron chi connectivity index (χ1n) is 3.21. The molecule has 0 saturated heterocycles. The fourth-order valence-electron chi connectivity index (χ4n) is 0.211. The van der Waals surface area contributed by atoms with Gasteiger partial charge in [0.2, 0.25) is 0 Å². The maximum atomic E-state index is 9.86. The molecule has 16 heavy (non-hydrogen) atoms. The molecule has 12 heteroatoms. The highest BCUT2D eigenvalue weighted by atomic mass is 32.2. The number of aliphatic carboxylic acids is 2. The molecule has 0 amide bonds. The van der Waals surface area contributed by atoms with Crippen molar-refractivity contribution in [1.82, 2.24) is 0 Å². The summed E-state index contributed by atoms with van der Waals surface area (Å²) in [5.41, 5.74) is 0. The van der Waals surface area contributed by atoms with Crippen LogP contribution in [0.4, 0.5) is 0 Å². The van der Waals surface area contributed by atoms with Gasteiger partial charge >= 0.3 is 11.9 Å². The smallest absolute Gasteiger partial charge is 0.414 e. The van der Waals surface area contributed by atoms with E-state index in [2.05, 4.69) is 0 Å². The van der Waals surface area contributed by atoms with E-state index in [1.54, 1.807) is 0 Å². The van der Waals surface area contributed by atoms with E-state index < -0.39 is 43.7 Å². The minimum atomic E-state index is -4.30. The lowest BCUT2D eigenvalue weighted by atomic mass is 10.7. The lowest BCUT2D eigenvalue weighted by Crippen LogP contribution is -2.15. The highest BCUT2D eigenvalue weighted by Gasteiger charge is 2.11. The molecule has 0 fully saturated rings. The summed E-state index contributed by atoms with van der Waals surface area (Å²) in [6, 6.07) is 0. The first-order chi connectivity index (χ1) is 6.85. The summed E-state index contributed by atoms with van der Waals surface area (Å²) in [6.45, 7) is 0. The van der Waals surface area contributed by atoms with Crippen LogP contribution in [-0.4, -0.2) is 59.6 Å². The van der Waals surface area contributed by atoms with Gasteiger partial charge in [0.05, 0.1) is 11.5 Å². The predicted octanol–water partition coefficient (Wildman–Crippen LogP) is -2.08. The van der Waals surface area contributed by atoms with E-state index in [-0.39, 0.29) is 0 Å². The summed E-state index contributed by atoms with van der Waals surface area (Å²) in [5.74, 6) is -5.61. The molecule has 10 nitrogen and oxygen atoms in total. The molecule has 96 valence electrons. The van der Waals surface area contributed by atoms with Gasteiger partial charge in [-0.25, -0.2) is 9.59 Å². The lowest BCUT2D eigenvalue weighted by molar-refractivity contribution is -0.159. The van der Waals surface area contributed by atoms with Crippen LogP contribution >= 0.6 is 0 Å². The quantitative estimate of drug-likeness (QED) is 0.330. The minimum absolute atomic E-state index is 0.980. The molecular weight excluding hydrogens is 272 g/mol. The van der Waals surface area contributed by atoms with Crippen LogP contribution in [0, 0.1) is 0 Å². The number of rotatable bonds is 3. The van der Waals surface area contributed by atoms with Crippen molar-refractivity contribution in [2.24, 2.45) is 0 Å². The maximum absolute atomic E-state index is 9.86. The zero-order valence-corrected chi connectivity index (χ0v) is 9.10. The van der Waals surface area contributed by atoms with E-state index in [1.807, 2.05) is 0 Å². The van der Waals surface area contributed by atoms with E-state index in [0.717, 1.165) is 0 Å². The van der Waals surface area contributed by atoms with E-state index in [9.17, 15) is 16.8 Å². The third-order valence-corrected chi connectivity index (χ3v) is 2.48. The molecule has 0 bridgehead atoms. The average Bonchev–Trinajstić information content (AvgIpc) is 1.99. The van der Waals surface area contributed by atoms with Gasteiger partial charge in [-0.15, -0.1) is 0 Å². The molecular formula is C4H8O10S2. The molecule has 0 aromatic heterocycles. The van der Waals surface area contributed by atoms with Gasteiger partial charge < -0.3 is 10.2 Å². The Balaban J connectivity index is 0. The first-order valence-corrected chi connectivity index (χ1v) is 6.43. The van der Waals surface area contributed by atoms with Gasteiger partial charge in [0, 0.05) is 0 Å². The Morgan fingerprint density at radius 2 is 0.938 bits per heavy atom. The summed E-state index contributed by atoms with van der Waals surface area (Å²) in [5, 5.41) is 14.8. The van der Waals surface area contributed by atoms with Gasteiger partial charge in [-0.2, -0.15) is 16.8 Å². The largest absolute Gasteiger partial charge is 0.473 e. The van der Waals surface area contributed by atoms with Crippen LogP contribution in [0.5, 0.6) is 0 Å². The number of carbonyl (C=O) groups is 2. The molecule has 0 aromatic carbocycles. The van der Waals surface area contributed by atoms with Crippen LogP contribution in [0.2, 0.25) is 0 Å². The Morgan fingerprint density at radius 3 is 1.00 bits per heavy atom. The van der Waals surface area contributed by atoms with Gasteiger partial charge in [0.15, 0.2) is 0 Å². The Morgan fingerprint density at radius 1 is 0.750 bits per heavy atom. The van der Waals surface area contributed by atoms with E-state index >= 15 is 0 Å². The summed E-state index contributed by atoms with van der Waals surface area (Å²) in [7, 11) is -8.59. The van der Waals surface area contributed by atoms with Crippen molar-refractivity contribution < 1.29 is 45.7 Å². The topological polar surface area (TPSA) is 183 Å². The van der Waals surface area contributed by atoms with Gasteiger partial charge in [-0.05, 0) is 0 Å². The molecule has 0 heterocycles. The van der Waals surface area contributed by atoms with E-state index in [4.69, 9.17) is 28.9 Å². The number of hydrogen-bond donors (Lipinski definition) is 4. The second-order valence-electron chi connectivity index (χ2n) is 2.18. The fraction of sp³-hybridized carbons (Fsp3) is 0.500. The standard InChI is InChI=1S/C2H6O6S2.C2H2O4/c3-9(4,5)1-2-10(6,7)8;3-1(4)2(5)6/h1-2H2,(H,3,4,5)(H,6,7,8);(H,3,4)(H,5,6). The third-order valence-electron chi connectivity index (χ3n) is 0.782. The number of hydrogen-bond acceptors (Lipinski definition) is 6. The molecule has 4 N–H and O–H groups in total. The summed E-state index contributed by atoms with van der Waals surface area (Å²) in [6.07, 6.45) is 0. The van der Waals surface area contributed by atoms with Crippen LogP contribution < -0.4 is 0 Å². The Kier molecular flexibility index (Phi) is 6.83. The summed E-state index contributed by atoms with van der Waals surface area (Å²) < 4.78 is 55.4. The fourth-order valence-corrected chi connectivity index (χ4v) is 1.90. The monoisotopic (exact) mass is 280 g/mol. The van der Waals surface area contributed by atoms with Crippen molar-refractivity contribution in [3.8, 4) is 0 Å². The van der Waals surface area contributed by atoms with Crippen molar-refractivity contribution in [2.75, 3.05) is 11.5 Å². The number of carboxylic acids is 2. The van der Waals surface area contributed by atoms with Crippen LogP contribution in [0.3, 0.4) is 0 Å². The Hall–Kier alpha value is -1.24. The van der Waals surface area contributed by atoms with E-state index in [1.165, 1.54) is 0 Å². The van der Waals surface area contributed by atoms with Crippen molar-refractivity contribution in [1.29, 1.82) is 0 Å². The van der Waals surface area contributed by atoms with Gasteiger partial charge in [0.1, 0.15) is 0 Å². The van der Waals surface area contributed by atoms with Crippen LogP contribution in [-0.2, 0) is 29.8 Å². The van der Waals surface area contributed by atoms with Gasteiger partial charge in [0.25, 0.3) is 20.2 Å². The molecule has 0 rings (SSSR count). The molecule has 0 saturated carbocycles. The van der Waals surface area contributed by atoms with Crippen LogP contribution in [0.25, 0.3) is 0 Å². The summed E-state index contributed by atoms with van der Waals surface area (Å²) >= 11 is 0.